The highest BCUT2D eigenvalue weighted by Gasteiger charge is 2.45. The molecule has 16 heavy (non-hydrogen) atoms. The normalized spacial score (nSPS) is 17.6. The molecule has 1 heterocycles. The third-order valence-electron chi connectivity index (χ3n) is 3.41. The third kappa shape index (κ3) is 1.46. The lowest BCUT2D eigenvalue weighted by atomic mass is 9.97. The molecule has 0 saturated heterocycles. The van der Waals surface area contributed by atoms with Crippen LogP contribution in [-0.4, -0.2) is 16.7 Å². The number of benzene rings is 1. The lowest BCUT2D eigenvalue weighted by Crippen LogP contribution is -2.13. The number of nitrogens with zero attached hydrogens (tertiary/aromatic N) is 1. The van der Waals surface area contributed by atoms with Gasteiger partial charge in [-0.05, 0) is 46.5 Å². The molecule has 1 aromatic heterocycles. The molecule has 0 spiro atoms. The number of halogens is 1. The van der Waals surface area contributed by atoms with Crippen LogP contribution < -0.4 is 0 Å². The topological polar surface area (TPSA) is 33.1 Å². The molecule has 0 aliphatic heterocycles. The second-order valence-electron chi connectivity index (χ2n) is 4.46. The SMILES string of the molecule is OCC1(c2cc3ccccc3nc2Br)CC1. The van der Waals surface area contributed by atoms with Crippen molar-refractivity contribution >= 4 is 26.8 Å². The van der Waals surface area contributed by atoms with Crippen molar-refractivity contribution in [1.82, 2.24) is 4.98 Å². The Kier molecular flexibility index (Phi) is 2.26. The van der Waals surface area contributed by atoms with Gasteiger partial charge in [-0.2, -0.15) is 0 Å². The Morgan fingerprint density at radius 2 is 2.06 bits per heavy atom. The molecule has 0 bridgehead atoms. The van der Waals surface area contributed by atoms with Crippen LogP contribution in [0.1, 0.15) is 18.4 Å². The number of para-hydroxylation sites is 1. The quantitative estimate of drug-likeness (QED) is 0.856. The second-order valence-corrected chi connectivity index (χ2v) is 5.21. The summed E-state index contributed by atoms with van der Waals surface area (Å²) < 4.78 is 0.873. The molecule has 0 unspecified atom stereocenters. The van der Waals surface area contributed by atoms with Crippen molar-refractivity contribution in [2.24, 2.45) is 0 Å². The molecular formula is C13H12BrNO. The summed E-state index contributed by atoms with van der Waals surface area (Å²) in [6.07, 6.45) is 2.12. The highest BCUT2D eigenvalue weighted by molar-refractivity contribution is 9.10. The number of fused-ring (bicyclic) bond motifs is 1. The van der Waals surface area contributed by atoms with Crippen LogP contribution in [0.5, 0.6) is 0 Å². The van der Waals surface area contributed by atoms with Gasteiger partial charge in [0.2, 0.25) is 0 Å². The fourth-order valence-corrected chi connectivity index (χ4v) is 2.85. The maximum absolute atomic E-state index is 9.46. The van der Waals surface area contributed by atoms with E-state index in [4.69, 9.17) is 0 Å². The van der Waals surface area contributed by atoms with Gasteiger partial charge >= 0.3 is 0 Å². The Morgan fingerprint density at radius 1 is 1.31 bits per heavy atom. The lowest BCUT2D eigenvalue weighted by molar-refractivity contribution is 0.254. The zero-order valence-electron chi connectivity index (χ0n) is 8.78. The molecule has 1 saturated carbocycles. The van der Waals surface area contributed by atoms with Crippen LogP contribution in [0.4, 0.5) is 0 Å². The average molecular weight is 278 g/mol. The van der Waals surface area contributed by atoms with Gasteiger partial charge in [-0.1, -0.05) is 18.2 Å². The predicted molar refractivity (Wildman–Crippen MR) is 67.4 cm³/mol. The van der Waals surface area contributed by atoms with Gasteiger partial charge < -0.3 is 5.11 Å². The molecule has 2 aromatic rings. The number of aliphatic hydroxyl groups is 1. The summed E-state index contributed by atoms with van der Waals surface area (Å²) >= 11 is 3.51. The van der Waals surface area contributed by atoms with Gasteiger partial charge in [0.25, 0.3) is 0 Å². The van der Waals surface area contributed by atoms with Gasteiger partial charge in [0.15, 0.2) is 0 Å². The van der Waals surface area contributed by atoms with Crippen LogP contribution in [0.3, 0.4) is 0 Å². The molecule has 0 atom stereocenters. The summed E-state index contributed by atoms with van der Waals surface area (Å²) in [6.45, 7) is 0.214. The van der Waals surface area contributed by atoms with Gasteiger partial charge in [0, 0.05) is 10.8 Å². The van der Waals surface area contributed by atoms with Gasteiger partial charge in [-0.3, -0.25) is 0 Å². The Balaban J connectivity index is 2.22. The van der Waals surface area contributed by atoms with Crippen LogP contribution in [0.15, 0.2) is 34.9 Å². The fraction of sp³-hybridized carbons (Fsp3) is 0.308. The summed E-state index contributed by atoms with van der Waals surface area (Å²) in [5.41, 5.74) is 2.11. The predicted octanol–water partition coefficient (Wildman–Crippen LogP) is 3.02. The van der Waals surface area contributed by atoms with Gasteiger partial charge in [-0.15, -0.1) is 0 Å². The van der Waals surface area contributed by atoms with Crippen molar-refractivity contribution in [3.63, 3.8) is 0 Å². The van der Waals surface area contributed by atoms with E-state index in [-0.39, 0.29) is 12.0 Å². The maximum atomic E-state index is 9.46. The summed E-state index contributed by atoms with van der Waals surface area (Å²) in [5.74, 6) is 0. The van der Waals surface area contributed by atoms with E-state index in [1.54, 1.807) is 0 Å². The highest BCUT2D eigenvalue weighted by atomic mass is 79.9. The van der Waals surface area contributed by atoms with E-state index in [0.29, 0.717) is 0 Å². The Morgan fingerprint density at radius 3 is 2.75 bits per heavy atom. The monoisotopic (exact) mass is 277 g/mol. The minimum atomic E-state index is -0.0319. The number of aromatic nitrogens is 1. The average Bonchev–Trinajstić information content (AvgIpc) is 3.09. The van der Waals surface area contributed by atoms with Crippen molar-refractivity contribution < 1.29 is 5.11 Å². The van der Waals surface area contributed by atoms with E-state index in [0.717, 1.165) is 33.9 Å². The molecule has 82 valence electrons. The van der Waals surface area contributed by atoms with Crippen molar-refractivity contribution in [1.29, 1.82) is 0 Å². The van der Waals surface area contributed by atoms with Crippen LogP contribution in [-0.2, 0) is 5.41 Å². The Bertz CT molecular complexity index is 549. The Labute approximate surface area is 102 Å². The van der Waals surface area contributed by atoms with E-state index < -0.39 is 0 Å². The first-order valence-electron chi connectivity index (χ1n) is 5.42. The van der Waals surface area contributed by atoms with E-state index in [1.807, 2.05) is 18.2 Å². The first kappa shape index (κ1) is 10.2. The molecule has 2 nitrogen and oxygen atoms in total. The smallest absolute Gasteiger partial charge is 0.110 e. The van der Waals surface area contributed by atoms with Crippen LogP contribution in [0.25, 0.3) is 10.9 Å². The molecule has 0 radical (unpaired) electrons. The van der Waals surface area contributed by atoms with Gasteiger partial charge in [-0.25, -0.2) is 4.98 Å². The van der Waals surface area contributed by atoms with Crippen molar-refractivity contribution in [2.75, 3.05) is 6.61 Å². The molecule has 1 aliphatic rings. The van der Waals surface area contributed by atoms with Crippen LogP contribution in [0, 0.1) is 0 Å². The number of hydrogen-bond donors (Lipinski definition) is 1. The first-order valence-corrected chi connectivity index (χ1v) is 6.21. The maximum Gasteiger partial charge on any atom is 0.110 e. The molecule has 1 aromatic carbocycles. The standard InChI is InChI=1S/C13H12BrNO/c14-12-10(13(8-16)5-6-13)7-9-3-1-2-4-11(9)15-12/h1-4,7,16H,5-6,8H2. The molecule has 1 aliphatic carbocycles. The van der Waals surface area contributed by atoms with Crippen molar-refractivity contribution in [3.8, 4) is 0 Å². The number of rotatable bonds is 2. The molecule has 3 heteroatoms. The zero-order chi connectivity index (χ0) is 11.2. The second kappa shape index (κ2) is 3.54. The summed E-state index contributed by atoms with van der Waals surface area (Å²) in [4.78, 5) is 4.54. The molecule has 3 rings (SSSR count). The molecule has 0 amide bonds. The van der Waals surface area contributed by atoms with Crippen LogP contribution in [0.2, 0.25) is 0 Å². The largest absolute Gasteiger partial charge is 0.395 e. The molecule has 1 fully saturated rings. The number of hydrogen-bond acceptors (Lipinski definition) is 2. The van der Waals surface area contributed by atoms with E-state index in [9.17, 15) is 5.11 Å². The van der Waals surface area contributed by atoms with E-state index in [1.165, 1.54) is 0 Å². The number of pyridine rings is 1. The van der Waals surface area contributed by atoms with Crippen molar-refractivity contribution in [3.05, 3.63) is 40.5 Å². The van der Waals surface area contributed by atoms with Crippen molar-refractivity contribution in [2.45, 2.75) is 18.3 Å². The number of aliphatic hydroxyl groups excluding tert-OH is 1. The van der Waals surface area contributed by atoms with E-state index >= 15 is 0 Å². The molecule has 1 N–H and O–H groups in total. The van der Waals surface area contributed by atoms with Gasteiger partial charge in [0.05, 0.1) is 12.1 Å². The van der Waals surface area contributed by atoms with Gasteiger partial charge in [0.1, 0.15) is 4.60 Å². The third-order valence-corrected chi connectivity index (χ3v) is 4.01. The lowest BCUT2D eigenvalue weighted by Gasteiger charge is -2.14. The summed E-state index contributed by atoms with van der Waals surface area (Å²) in [7, 11) is 0. The van der Waals surface area contributed by atoms with E-state index in [2.05, 4.69) is 33.0 Å². The zero-order valence-corrected chi connectivity index (χ0v) is 10.4. The molecular weight excluding hydrogens is 266 g/mol. The summed E-state index contributed by atoms with van der Waals surface area (Å²) in [6, 6.07) is 10.2. The highest BCUT2D eigenvalue weighted by Crippen LogP contribution is 2.50. The minimum absolute atomic E-state index is 0.0319. The Hall–Kier alpha value is -0.930. The minimum Gasteiger partial charge on any atom is -0.395 e. The summed E-state index contributed by atoms with van der Waals surface area (Å²) in [5, 5.41) is 10.6. The fourth-order valence-electron chi connectivity index (χ4n) is 2.13. The van der Waals surface area contributed by atoms with Crippen LogP contribution >= 0.6 is 15.9 Å². The first-order chi connectivity index (χ1) is 7.75.